The number of hydrogen-bond acceptors (Lipinski definition) is 8. The van der Waals surface area contributed by atoms with Crippen molar-refractivity contribution in [3.63, 3.8) is 0 Å². The van der Waals surface area contributed by atoms with Gasteiger partial charge < -0.3 is 24.6 Å². The lowest BCUT2D eigenvalue weighted by molar-refractivity contribution is 0.0315. The van der Waals surface area contributed by atoms with Crippen molar-refractivity contribution in [2.75, 3.05) is 33.3 Å². The number of thiazole rings is 1. The highest BCUT2D eigenvalue weighted by atomic mass is 32.1. The molecule has 1 aliphatic heterocycles. The van der Waals surface area contributed by atoms with Crippen molar-refractivity contribution in [2.45, 2.75) is 6.29 Å². The Morgan fingerprint density at radius 3 is 2.87 bits per heavy atom. The summed E-state index contributed by atoms with van der Waals surface area (Å²) >= 11 is 1.44. The molecule has 0 aliphatic carbocycles. The first-order valence-corrected chi connectivity index (χ1v) is 10.3. The van der Waals surface area contributed by atoms with Crippen molar-refractivity contribution in [3.05, 3.63) is 59.1 Å². The van der Waals surface area contributed by atoms with Gasteiger partial charge in [-0.25, -0.2) is 4.98 Å². The molecule has 2 heterocycles. The lowest BCUT2D eigenvalue weighted by atomic mass is 10.0. The number of nitrogens with one attached hydrogen (secondary N) is 1. The Bertz CT molecular complexity index is 1060. The van der Waals surface area contributed by atoms with Gasteiger partial charge in [-0.05, 0) is 44.4 Å². The average Bonchev–Trinajstić information content (AvgIpc) is 3.20. The predicted molar refractivity (Wildman–Crippen MR) is 119 cm³/mol. The zero-order valence-electron chi connectivity index (χ0n) is 17.0. The van der Waals surface area contributed by atoms with E-state index in [1.54, 1.807) is 13.2 Å². The number of methoxy groups -OCH3 is 1. The Hall–Kier alpha value is -3.07. The van der Waals surface area contributed by atoms with E-state index in [1.165, 1.54) is 11.3 Å². The Balaban J connectivity index is 1.55. The van der Waals surface area contributed by atoms with E-state index in [4.69, 9.17) is 14.2 Å². The van der Waals surface area contributed by atoms with Crippen molar-refractivity contribution in [3.8, 4) is 17.2 Å². The molecule has 3 aromatic rings. The van der Waals surface area contributed by atoms with Crippen LogP contribution in [0, 0.1) is 0 Å². The third kappa shape index (κ3) is 4.40. The van der Waals surface area contributed by atoms with Gasteiger partial charge in [0.1, 0.15) is 24.0 Å². The fourth-order valence-corrected chi connectivity index (χ4v) is 3.71. The molecular formula is C22H23N3O4S. The zero-order valence-corrected chi connectivity index (χ0v) is 17.8. The summed E-state index contributed by atoms with van der Waals surface area (Å²) in [5.41, 5.74) is 2.95. The second kappa shape index (κ2) is 8.74. The highest BCUT2D eigenvalue weighted by Gasteiger charge is 2.24. The van der Waals surface area contributed by atoms with Crippen LogP contribution in [0.3, 0.4) is 0 Å². The van der Waals surface area contributed by atoms with Crippen LogP contribution in [0.1, 0.15) is 11.3 Å². The largest absolute Gasteiger partial charge is 0.495 e. The maximum atomic E-state index is 10.5. The molecule has 2 aromatic carbocycles. The molecule has 0 fully saturated rings. The first-order chi connectivity index (χ1) is 14.5. The number of ether oxygens (including phenoxy) is 3. The van der Waals surface area contributed by atoms with Gasteiger partial charge in [-0.15, -0.1) is 11.3 Å². The SMILES string of the molecule is COc1ccccc1Nc1nc(C2=Cc3ccc(OCN(C)C)cc3OC2O)cs1. The number of aromatic nitrogens is 1. The maximum absolute atomic E-state index is 10.5. The maximum Gasteiger partial charge on any atom is 0.226 e. The summed E-state index contributed by atoms with van der Waals surface area (Å²) < 4.78 is 16.8. The fraction of sp³-hybridized carbons (Fsp3) is 0.227. The Kier molecular flexibility index (Phi) is 5.89. The molecule has 0 bridgehead atoms. The molecule has 0 spiro atoms. The summed E-state index contributed by atoms with van der Waals surface area (Å²) in [6.07, 6.45) is 0.782. The fourth-order valence-electron chi connectivity index (χ4n) is 2.98. The molecule has 4 rings (SSSR count). The minimum atomic E-state index is -1.11. The van der Waals surface area contributed by atoms with Gasteiger partial charge in [0.05, 0.1) is 18.5 Å². The lowest BCUT2D eigenvalue weighted by Gasteiger charge is -2.23. The third-order valence-electron chi connectivity index (χ3n) is 4.44. The number of benzene rings is 2. The average molecular weight is 426 g/mol. The topological polar surface area (TPSA) is 76.1 Å². The zero-order chi connectivity index (χ0) is 21.1. The molecular weight excluding hydrogens is 402 g/mol. The minimum Gasteiger partial charge on any atom is -0.495 e. The summed E-state index contributed by atoms with van der Waals surface area (Å²) in [6.45, 7) is 0.462. The van der Waals surface area contributed by atoms with Crippen molar-refractivity contribution >= 4 is 33.8 Å². The van der Waals surface area contributed by atoms with Crippen LogP contribution in [0.15, 0.2) is 47.8 Å². The molecule has 1 unspecified atom stereocenters. The summed E-state index contributed by atoms with van der Waals surface area (Å²) in [6, 6.07) is 13.2. The monoisotopic (exact) mass is 425 g/mol. The predicted octanol–water partition coefficient (Wildman–Crippen LogP) is 4.04. The van der Waals surface area contributed by atoms with Gasteiger partial charge in [0.25, 0.3) is 0 Å². The van der Waals surface area contributed by atoms with E-state index >= 15 is 0 Å². The van der Waals surface area contributed by atoms with Gasteiger partial charge >= 0.3 is 0 Å². The van der Waals surface area contributed by atoms with Gasteiger partial charge in [0.2, 0.25) is 6.29 Å². The van der Waals surface area contributed by atoms with Crippen LogP contribution < -0.4 is 19.5 Å². The van der Waals surface area contributed by atoms with Gasteiger partial charge in [-0.2, -0.15) is 0 Å². The molecule has 1 aromatic heterocycles. The molecule has 2 N–H and O–H groups in total. The van der Waals surface area contributed by atoms with Gasteiger partial charge in [0.15, 0.2) is 5.13 Å². The van der Waals surface area contributed by atoms with E-state index in [1.807, 2.05) is 66.8 Å². The smallest absolute Gasteiger partial charge is 0.226 e. The molecule has 30 heavy (non-hydrogen) atoms. The van der Waals surface area contributed by atoms with Crippen LogP contribution in [-0.4, -0.2) is 49.2 Å². The first-order valence-electron chi connectivity index (χ1n) is 9.37. The molecule has 1 aliphatic rings. The van der Waals surface area contributed by atoms with Crippen LogP contribution in [0.5, 0.6) is 17.2 Å². The second-order valence-corrected chi connectivity index (χ2v) is 7.84. The van der Waals surface area contributed by atoms with E-state index in [9.17, 15) is 5.11 Å². The molecule has 7 nitrogen and oxygen atoms in total. The van der Waals surface area contributed by atoms with Gasteiger partial charge in [0, 0.05) is 22.6 Å². The molecule has 0 amide bonds. The quantitative estimate of drug-likeness (QED) is 0.553. The molecule has 1 atom stereocenters. The Morgan fingerprint density at radius 1 is 1.23 bits per heavy atom. The lowest BCUT2D eigenvalue weighted by Crippen LogP contribution is -2.21. The van der Waals surface area contributed by atoms with Gasteiger partial charge in [-0.3, -0.25) is 4.90 Å². The Labute approximate surface area is 179 Å². The normalized spacial score (nSPS) is 15.2. The molecule has 0 saturated carbocycles. The van der Waals surface area contributed by atoms with Crippen LogP contribution in [0.2, 0.25) is 0 Å². The van der Waals surface area contributed by atoms with Crippen LogP contribution in [-0.2, 0) is 0 Å². The number of rotatable bonds is 7. The van der Waals surface area contributed by atoms with E-state index in [2.05, 4.69) is 10.3 Å². The van der Waals surface area contributed by atoms with Crippen LogP contribution in [0.25, 0.3) is 11.6 Å². The summed E-state index contributed by atoms with van der Waals surface area (Å²) in [5.74, 6) is 1.99. The van der Waals surface area contributed by atoms with E-state index < -0.39 is 6.29 Å². The number of fused-ring (bicyclic) bond motifs is 1. The summed E-state index contributed by atoms with van der Waals surface area (Å²) in [5, 5.41) is 16.4. The number of anilines is 2. The van der Waals surface area contributed by atoms with Crippen molar-refractivity contribution in [1.29, 1.82) is 0 Å². The highest BCUT2D eigenvalue weighted by molar-refractivity contribution is 7.13. The number of nitrogens with zero attached hydrogens (tertiary/aromatic N) is 2. The van der Waals surface area contributed by atoms with Crippen LogP contribution >= 0.6 is 11.3 Å². The third-order valence-corrected chi connectivity index (χ3v) is 5.20. The van der Waals surface area contributed by atoms with E-state index in [0.29, 0.717) is 34.6 Å². The number of hydrogen-bond donors (Lipinski definition) is 2. The standard InChI is InChI=1S/C22H23N3O4S/c1-25(2)13-28-15-9-8-14-10-16(21(26)29-20(14)11-15)18-12-30-22(24-18)23-17-6-4-5-7-19(17)27-3/h4-12,21,26H,13H2,1-3H3,(H,23,24). The van der Waals surface area contributed by atoms with Crippen molar-refractivity contribution < 1.29 is 19.3 Å². The van der Waals surface area contributed by atoms with Crippen molar-refractivity contribution in [1.82, 2.24) is 9.88 Å². The second-order valence-electron chi connectivity index (χ2n) is 6.99. The molecule has 0 saturated heterocycles. The molecule has 8 heteroatoms. The number of aliphatic hydroxyl groups excluding tert-OH is 1. The summed E-state index contributed by atoms with van der Waals surface area (Å²) in [4.78, 5) is 6.53. The number of para-hydroxylation sites is 2. The number of aliphatic hydroxyl groups is 1. The Morgan fingerprint density at radius 2 is 2.07 bits per heavy atom. The molecule has 0 radical (unpaired) electrons. The summed E-state index contributed by atoms with van der Waals surface area (Å²) in [7, 11) is 5.49. The van der Waals surface area contributed by atoms with E-state index in [0.717, 1.165) is 17.0 Å². The molecule has 156 valence electrons. The van der Waals surface area contributed by atoms with E-state index in [-0.39, 0.29) is 0 Å². The van der Waals surface area contributed by atoms with Gasteiger partial charge in [-0.1, -0.05) is 12.1 Å². The highest BCUT2D eigenvalue weighted by Crippen LogP contribution is 2.37. The van der Waals surface area contributed by atoms with Crippen molar-refractivity contribution in [2.24, 2.45) is 0 Å². The first kappa shape index (κ1) is 20.2. The van der Waals surface area contributed by atoms with Crippen LogP contribution in [0.4, 0.5) is 10.8 Å². The minimum absolute atomic E-state index is 0.462.